The first-order valence-electron chi connectivity index (χ1n) is 8.49. The summed E-state index contributed by atoms with van der Waals surface area (Å²) in [6.45, 7) is 7.00. The van der Waals surface area contributed by atoms with Gasteiger partial charge in [-0.25, -0.2) is 14.5 Å². The van der Waals surface area contributed by atoms with E-state index in [1.165, 1.54) is 23.3 Å². The van der Waals surface area contributed by atoms with Crippen molar-refractivity contribution in [1.82, 2.24) is 24.9 Å². The Morgan fingerprint density at radius 1 is 1.50 bits per heavy atom. The van der Waals surface area contributed by atoms with Crippen LogP contribution >= 0.6 is 11.3 Å². The Kier molecular flexibility index (Phi) is 3.75. The number of hydrogen-bond acceptors (Lipinski definition) is 5. The fourth-order valence-corrected chi connectivity index (χ4v) is 4.65. The molecule has 0 aromatic carbocycles. The molecule has 7 heteroatoms. The van der Waals surface area contributed by atoms with E-state index < -0.39 is 0 Å². The molecule has 0 spiro atoms. The van der Waals surface area contributed by atoms with Gasteiger partial charge in [0.2, 0.25) is 5.82 Å². The smallest absolute Gasteiger partial charge is 0.291 e. The van der Waals surface area contributed by atoms with Crippen LogP contribution in [0, 0.1) is 5.92 Å². The average Bonchev–Trinajstić information content (AvgIpc) is 3.13. The molecule has 0 aliphatic heterocycles. The predicted octanol–water partition coefficient (Wildman–Crippen LogP) is 3.16. The molecule has 0 radical (unpaired) electrons. The van der Waals surface area contributed by atoms with Crippen LogP contribution in [0.5, 0.6) is 0 Å². The average molecular weight is 343 g/mol. The highest BCUT2D eigenvalue weighted by Gasteiger charge is 2.25. The van der Waals surface area contributed by atoms with Crippen molar-refractivity contribution in [1.29, 1.82) is 0 Å². The molecule has 3 heterocycles. The normalized spacial score (nSPS) is 17.6. The van der Waals surface area contributed by atoms with Gasteiger partial charge in [-0.3, -0.25) is 4.79 Å². The third-order valence-electron chi connectivity index (χ3n) is 4.55. The number of hydrogen-bond donors (Lipinski definition) is 1. The second-order valence-electron chi connectivity index (χ2n) is 6.96. The summed E-state index contributed by atoms with van der Waals surface area (Å²) in [5.41, 5.74) is 2.11. The maximum atomic E-state index is 12.3. The van der Waals surface area contributed by atoms with Crippen LogP contribution < -0.4 is 5.32 Å². The van der Waals surface area contributed by atoms with Crippen LogP contribution in [0.4, 0.5) is 0 Å². The molecule has 0 unspecified atom stereocenters. The molecule has 1 aliphatic rings. The van der Waals surface area contributed by atoms with E-state index in [9.17, 15) is 4.79 Å². The summed E-state index contributed by atoms with van der Waals surface area (Å²) in [5.74, 6) is 0.889. The van der Waals surface area contributed by atoms with Crippen LogP contribution in [0.15, 0.2) is 6.33 Å². The Morgan fingerprint density at radius 2 is 2.33 bits per heavy atom. The quantitative estimate of drug-likeness (QED) is 0.793. The maximum absolute atomic E-state index is 12.3. The fraction of sp³-hybridized carbons (Fsp3) is 0.529. The summed E-state index contributed by atoms with van der Waals surface area (Å²) < 4.78 is 1.64. The van der Waals surface area contributed by atoms with Gasteiger partial charge in [-0.2, -0.15) is 0 Å². The van der Waals surface area contributed by atoms with Crippen LogP contribution in [0.3, 0.4) is 0 Å². The molecule has 1 aliphatic carbocycles. The lowest BCUT2D eigenvalue weighted by atomic mass is 9.87. The van der Waals surface area contributed by atoms with E-state index in [1.807, 2.05) is 0 Å². The van der Waals surface area contributed by atoms with Gasteiger partial charge in [0.15, 0.2) is 5.65 Å². The number of aryl methyl sites for hydroxylation is 1. The largest absolute Gasteiger partial charge is 0.349 e. The molecule has 0 saturated heterocycles. The number of nitrogens with one attached hydrogen (secondary N) is 1. The van der Waals surface area contributed by atoms with Crippen molar-refractivity contribution in [3.63, 3.8) is 0 Å². The molecular weight excluding hydrogens is 322 g/mol. The molecule has 1 N–H and O–H groups in total. The van der Waals surface area contributed by atoms with Crippen LogP contribution in [-0.2, 0) is 6.42 Å². The SMILES string of the molecule is CC(C)CNC(=O)c1nc2c3c4c(sc3ncn2n1)CCC[C@H]4C. The van der Waals surface area contributed by atoms with Crippen molar-refractivity contribution in [3.8, 4) is 0 Å². The molecule has 1 atom stereocenters. The lowest BCUT2D eigenvalue weighted by molar-refractivity contribution is 0.0939. The highest BCUT2D eigenvalue weighted by molar-refractivity contribution is 7.19. The Bertz CT molecular complexity index is 926. The van der Waals surface area contributed by atoms with Gasteiger partial charge in [0.05, 0.1) is 5.39 Å². The number of nitrogens with zero attached hydrogens (tertiary/aromatic N) is 4. The van der Waals surface area contributed by atoms with Crippen molar-refractivity contribution in [2.24, 2.45) is 5.92 Å². The number of amides is 1. The fourth-order valence-electron chi connectivity index (χ4n) is 3.36. The van der Waals surface area contributed by atoms with Gasteiger partial charge in [0.1, 0.15) is 11.2 Å². The third-order valence-corrected chi connectivity index (χ3v) is 5.72. The summed E-state index contributed by atoms with van der Waals surface area (Å²) in [7, 11) is 0. The molecule has 0 saturated carbocycles. The van der Waals surface area contributed by atoms with E-state index in [2.05, 4.69) is 41.2 Å². The first kappa shape index (κ1) is 15.5. The van der Waals surface area contributed by atoms with Crippen LogP contribution in [0.25, 0.3) is 15.9 Å². The Balaban J connectivity index is 1.83. The number of carbonyl (C=O) groups is 1. The first-order chi connectivity index (χ1) is 11.5. The standard InChI is InChI=1S/C17H21N5OS/c1-9(2)7-18-16(23)14-20-15-13-12-10(3)5-4-6-11(12)24-17(13)19-8-22(15)21-14/h8-10H,4-7H2,1-3H3,(H,18,23)/t10-/m1/s1. The number of aromatic nitrogens is 4. The zero-order valence-electron chi connectivity index (χ0n) is 14.2. The summed E-state index contributed by atoms with van der Waals surface area (Å²) in [5, 5.41) is 8.29. The third kappa shape index (κ3) is 2.47. The molecule has 3 aromatic heterocycles. The van der Waals surface area contributed by atoms with Crippen LogP contribution in [0.1, 0.15) is 60.6 Å². The van der Waals surface area contributed by atoms with E-state index in [0.29, 0.717) is 18.4 Å². The van der Waals surface area contributed by atoms with Crippen LogP contribution in [-0.4, -0.2) is 32.0 Å². The number of fused-ring (bicyclic) bond motifs is 5. The van der Waals surface area contributed by atoms with E-state index in [0.717, 1.165) is 22.3 Å². The van der Waals surface area contributed by atoms with Gasteiger partial charge >= 0.3 is 0 Å². The first-order valence-corrected chi connectivity index (χ1v) is 9.31. The van der Waals surface area contributed by atoms with E-state index in [4.69, 9.17) is 0 Å². The minimum absolute atomic E-state index is 0.216. The Hall–Kier alpha value is -2.02. The van der Waals surface area contributed by atoms with Crippen molar-refractivity contribution in [3.05, 3.63) is 22.6 Å². The molecule has 6 nitrogen and oxygen atoms in total. The highest BCUT2D eigenvalue weighted by atomic mass is 32.1. The lowest BCUT2D eigenvalue weighted by Gasteiger charge is -2.18. The summed E-state index contributed by atoms with van der Waals surface area (Å²) in [6.07, 6.45) is 5.20. The van der Waals surface area contributed by atoms with Crippen LogP contribution in [0.2, 0.25) is 0 Å². The van der Waals surface area contributed by atoms with Gasteiger partial charge in [0, 0.05) is 11.4 Å². The van der Waals surface area contributed by atoms with Crippen molar-refractivity contribution >= 4 is 33.1 Å². The molecule has 126 valence electrons. The summed E-state index contributed by atoms with van der Waals surface area (Å²) in [4.78, 5) is 23.8. The minimum Gasteiger partial charge on any atom is -0.349 e. The second kappa shape index (κ2) is 5.81. The number of carbonyl (C=O) groups excluding carboxylic acids is 1. The molecule has 24 heavy (non-hydrogen) atoms. The number of thiophene rings is 1. The topological polar surface area (TPSA) is 72.2 Å². The lowest BCUT2D eigenvalue weighted by Crippen LogP contribution is -2.28. The Morgan fingerprint density at radius 3 is 3.12 bits per heavy atom. The van der Waals surface area contributed by atoms with Gasteiger partial charge in [0.25, 0.3) is 5.91 Å². The highest BCUT2D eigenvalue weighted by Crippen LogP contribution is 2.42. The molecule has 1 amide bonds. The molecule has 4 rings (SSSR count). The van der Waals surface area contributed by atoms with Gasteiger partial charge in [-0.1, -0.05) is 20.8 Å². The van der Waals surface area contributed by atoms with Crippen molar-refractivity contribution < 1.29 is 4.79 Å². The summed E-state index contributed by atoms with van der Waals surface area (Å²) >= 11 is 1.76. The van der Waals surface area contributed by atoms with E-state index in [-0.39, 0.29) is 11.7 Å². The van der Waals surface area contributed by atoms with Gasteiger partial charge < -0.3 is 5.32 Å². The monoisotopic (exact) mass is 343 g/mol. The Labute approximate surface area is 144 Å². The van der Waals surface area contributed by atoms with Gasteiger partial charge in [-0.15, -0.1) is 16.4 Å². The van der Waals surface area contributed by atoms with Crippen molar-refractivity contribution in [2.75, 3.05) is 6.54 Å². The van der Waals surface area contributed by atoms with Crippen molar-refractivity contribution in [2.45, 2.75) is 46.0 Å². The second-order valence-corrected chi connectivity index (χ2v) is 8.05. The van der Waals surface area contributed by atoms with E-state index >= 15 is 0 Å². The minimum atomic E-state index is -0.224. The van der Waals surface area contributed by atoms with E-state index in [1.54, 1.807) is 22.2 Å². The zero-order chi connectivity index (χ0) is 16.8. The molecule has 3 aromatic rings. The number of rotatable bonds is 3. The predicted molar refractivity (Wildman–Crippen MR) is 94.7 cm³/mol. The van der Waals surface area contributed by atoms with Gasteiger partial charge in [-0.05, 0) is 36.7 Å². The zero-order valence-corrected chi connectivity index (χ0v) is 15.0. The summed E-state index contributed by atoms with van der Waals surface area (Å²) in [6, 6.07) is 0. The molecule has 0 bridgehead atoms. The maximum Gasteiger partial charge on any atom is 0.291 e. The molecular formula is C17H21N5OS. The molecule has 0 fully saturated rings.